The Bertz CT molecular complexity index is 591. The molecule has 0 atom stereocenters. The summed E-state index contributed by atoms with van der Waals surface area (Å²) in [4.78, 5) is 17.0. The molecule has 0 aromatic carbocycles. The van der Waals surface area contributed by atoms with Gasteiger partial charge >= 0.3 is 0 Å². The topological polar surface area (TPSA) is 42.0 Å². The fraction of sp³-hybridized carbons (Fsp3) is 0.167. The minimum Gasteiger partial charge on any atom is -0.320 e. The number of hydrogen-bond acceptors (Lipinski definition) is 3. The van der Waals surface area contributed by atoms with Gasteiger partial charge in [-0.2, -0.15) is 0 Å². The number of amides is 1. The van der Waals surface area contributed by atoms with Crippen molar-refractivity contribution in [2.45, 2.75) is 13.8 Å². The lowest BCUT2D eigenvalue weighted by Crippen LogP contribution is -2.11. The van der Waals surface area contributed by atoms with Crippen molar-refractivity contribution in [1.29, 1.82) is 0 Å². The van der Waals surface area contributed by atoms with Crippen LogP contribution in [0.5, 0.6) is 0 Å². The molecule has 3 nitrogen and oxygen atoms in total. The molecule has 0 aliphatic rings. The summed E-state index contributed by atoms with van der Waals surface area (Å²) in [6, 6.07) is 5.50. The molecular formula is C12H10Br2N2OS. The Labute approximate surface area is 126 Å². The lowest BCUT2D eigenvalue weighted by molar-refractivity contribution is 0.103. The predicted octanol–water partition coefficient (Wildman–Crippen LogP) is 4.54. The molecule has 2 aromatic heterocycles. The van der Waals surface area contributed by atoms with Crippen molar-refractivity contribution in [2.24, 2.45) is 0 Å². The predicted molar refractivity (Wildman–Crippen MR) is 81.4 cm³/mol. The third-order valence-electron chi connectivity index (χ3n) is 2.38. The number of nitrogens with one attached hydrogen (secondary N) is 1. The summed E-state index contributed by atoms with van der Waals surface area (Å²) >= 11 is 8.13. The van der Waals surface area contributed by atoms with Crippen LogP contribution in [0.4, 0.5) is 5.69 Å². The monoisotopic (exact) mass is 388 g/mol. The van der Waals surface area contributed by atoms with Crippen LogP contribution in [0.25, 0.3) is 0 Å². The van der Waals surface area contributed by atoms with Crippen LogP contribution < -0.4 is 5.32 Å². The second-order valence-corrected chi connectivity index (χ2v) is 6.97. The van der Waals surface area contributed by atoms with Crippen LogP contribution in [-0.4, -0.2) is 10.9 Å². The second kappa shape index (κ2) is 5.50. The van der Waals surface area contributed by atoms with Crippen molar-refractivity contribution in [3.05, 3.63) is 42.7 Å². The highest BCUT2D eigenvalue weighted by atomic mass is 79.9. The first-order valence-electron chi connectivity index (χ1n) is 5.18. The van der Waals surface area contributed by atoms with Gasteiger partial charge in [-0.15, -0.1) is 11.3 Å². The number of hydrogen-bond donors (Lipinski definition) is 1. The number of nitrogens with zero attached hydrogens (tertiary/aromatic N) is 1. The zero-order valence-corrected chi connectivity index (χ0v) is 13.7. The van der Waals surface area contributed by atoms with Gasteiger partial charge in [-0.05, 0) is 69.5 Å². The van der Waals surface area contributed by atoms with E-state index in [9.17, 15) is 4.79 Å². The van der Waals surface area contributed by atoms with Crippen molar-refractivity contribution in [3.8, 4) is 0 Å². The lowest BCUT2D eigenvalue weighted by Gasteiger charge is -2.06. The molecule has 2 aromatic rings. The van der Waals surface area contributed by atoms with E-state index in [0.717, 1.165) is 25.3 Å². The largest absolute Gasteiger partial charge is 0.320 e. The van der Waals surface area contributed by atoms with Gasteiger partial charge in [0.1, 0.15) is 4.60 Å². The number of aryl methyl sites for hydroxylation is 2. The van der Waals surface area contributed by atoms with Crippen LogP contribution in [-0.2, 0) is 0 Å². The number of aromatic nitrogens is 1. The SMILES string of the molecule is Cc1cc(C(=O)Nc2ccc(Br)nc2C)sc1Br. The van der Waals surface area contributed by atoms with Gasteiger partial charge < -0.3 is 5.32 Å². The van der Waals surface area contributed by atoms with Crippen molar-refractivity contribution in [2.75, 3.05) is 5.32 Å². The van der Waals surface area contributed by atoms with E-state index in [4.69, 9.17) is 0 Å². The van der Waals surface area contributed by atoms with E-state index in [1.54, 1.807) is 6.07 Å². The minimum atomic E-state index is -0.110. The van der Waals surface area contributed by atoms with Crippen molar-refractivity contribution in [3.63, 3.8) is 0 Å². The number of carbonyl (C=O) groups excluding carboxylic acids is 1. The number of anilines is 1. The molecule has 1 amide bonds. The molecule has 94 valence electrons. The molecule has 18 heavy (non-hydrogen) atoms. The molecule has 0 saturated heterocycles. The van der Waals surface area contributed by atoms with Crippen LogP contribution >= 0.6 is 43.2 Å². The zero-order chi connectivity index (χ0) is 13.3. The Morgan fingerprint density at radius 2 is 2.06 bits per heavy atom. The van der Waals surface area contributed by atoms with Gasteiger partial charge in [-0.3, -0.25) is 4.79 Å². The van der Waals surface area contributed by atoms with Gasteiger partial charge in [-0.1, -0.05) is 0 Å². The maximum Gasteiger partial charge on any atom is 0.265 e. The zero-order valence-electron chi connectivity index (χ0n) is 9.75. The van der Waals surface area contributed by atoms with E-state index in [-0.39, 0.29) is 5.91 Å². The Kier molecular flexibility index (Phi) is 4.19. The summed E-state index contributed by atoms with van der Waals surface area (Å²) < 4.78 is 1.74. The molecule has 0 aliphatic carbocycles. The van der Waals surface area contributed by atoms with Crippen molar-refractivity contribution >= 4 is 54.8 Å². The molecule has 2 rings (SSSR count). The molecule has 0 aliphatic heterocycles. The summed E-state index contributed by atoms with van der Waals surface area (Å²) in [6.45, 7) is 3.82. The van der Waals surface area contributed by atoms with Gasteiger partial charge in [-0.25, -0.2) is 4.98 Å². The average Bonchev–Trinajstić information content (AvgIpc) is 2.63. The van der Waals surface area contributed by atoms with Crippen LogP contribution in [0.3, 0.4) is 0 Å². The quantitative estimate of drug-likeness (QED) is 0.766. The number of rotatable bonds is 2. The summed E-state index contributed by atoms with van der Waals surface area (Å²) in [6.07, 6.45) is 0. The van der Waals surface area contributed by atoms with E-state index in [0.29, 0.717) is 4.88 Å². The summed E-state index contributed by atoms with van der Waals surface area (Å²) in [5, 5.41) is 2.86. The Hall–Kier alpha value is -0.720. The molecule has 0 radical (unpaired) electrons. The van der Waals surface area contributed by atoms with E-state index < -0.39 is 0 Å². The van der Waals surface area contributed by atoms with Gasteiger partial charge in [0.2, 0.25) is 0 Å². The van der Waals surface area contributed by atoms with Gasteiger partial charge in [0.25, 0.3) is 5.91 Å². The number of halogens is 2. The fourth-order valence-corrected chi connectivity index (χ4v) is 3.25. The molecule has 1 N–H and O–H groups in total. The second-order valence-electron chi connectivity index (χ2n) is 3.79. The number of carbonyl (C=O) groups is 1. The number of pyridine rings is 1. The van der Waals surface area contributed by atoms with E-state index in [1.807, 2.05) is 26.0 Å². The highest BCUT2D eigenvalue weighted by molar-refractivity contribution is 9.11. The van der Waals surface area contributed by atoms with E-state index >= 15 is 0 Å². The maximum atomic E-state index is 12.1. The lowest BCUT2D eigenvalue weighted by atomic mass is 10.3. The molecule has 0 fully saturated rings. The van der Waals surface area contributed by atoms with Gasteiger partial charge in [0.15, 0.2) is 0 Å². The van der Waals surface area contributed by atoms with Gasteiger partial charge in [0, 0.05) is 0 Å². The summed E-state index contributed by atoms with van der Waals surface area (Å²) in [5.41, 5.74) is 2.58. The standard InChI is InChI=1S/C12H10Br2N2OS/c1-6-5-9(18-11(6)14)12(17)16-8-3-4-10(13)15-7(8)2/h3-5H,1-2H3,(H,16,17). The fourth-order valence-electron chi connectivity index (χ4n) is 1.42. The molecule has 6 heteroatoms. The van der Waals surface area contributed by atoms with E-state index in [2.05, 4.69) is 42.2 Å². The first-order chi connectivity index (χ1) is 8.47. The first kappa shape index (κ1) is 13.7. The van der Waals surface area contributed by atoms with Gasteiger partial charge in [0.05, 0.1) is 20.0 Å². The molecular weight excluding hydrogens is 380 g/mol. The minimum absolute atomic E-state index is 0.110. The highest BCUT2D eigenvalue weighted by Gasteiger charge is 2.12. The number of thiophene rings is 1. The molecule has 0 saturated carbocycles. The van der Waals surface area contributed by atoms with Crippen LogP contribution in [0.1, 0.15) is 20.9 Å². The molecule has 0 unspecified atom stereocenters. The van der Waals surface area contributed by atoms with Crippen molar-refractivity contribution in [1.82, 2.24) is 4.98 Å². The summed E-state index contributed by atoms with van der Waals surface area (Å²) in [7, 11) is 0. The smallest absolute Gasteiger partial charge is 0.265 e. The Balaban J connectivity index is 2.21. The Morgan fingerprint density at radius 1 is 1.33 bits per heavy atom. The maximum absolute atomic E-state index is 12.1. The van der Waals surface area contributed by atoms with Crippen LogP contribution in [0.2, 0.25) is 0 Å². The molecule has 0 bridgehead atoms. The Morgan fingerprint density at radius 3 is 2.61 bits per heavy atom. The van der Waals surface area contributed by atoms with Crippen molar-refractivity contribution < 1.29 is 4.79 Å². The highest BCUT2D eigenvalue weighted by Crippen LogP contribution is 2.28. The molecule has 2 heterocycles. The normalized spacial score (nSPS) is 10.4. The third kappa shape index (κ3) is 2.99. The third-order valence-corrected chi connectivity index (χ3v) is 4.96. The van der Waals surface area contributed by atoms with Crippen LogP contribution in [0.15, 0.2) is 26.6 Å². The first-order valence-corrected chi connectivity index (χ1v) is 7.58. The average molecular weight is 390 g/mol. The molecule has 0 spiro atoms. The van der Waals surface area contributed by atoms with E-state index in [1.165, 1.54) is 11.3 Å². The summed E-state index contributed by atoms with van der Waals surface area (Å²) in [5.74, 6) is -0.110. The van der Waals surface area contributed by atoms with Crippen LogP contribution in [0, 0.1) is 13.8 Å².